The molecule has 0 spiro atoms. The average Bonchev–Trinajstić information content (AvgIpc) is 3.14. The number of likely N-dealkylation sites (tertiary alicyclic amines) is 1. The highest BCUT2D eigenvalue weighted by Crippen LogP contribution is 2.16. The molecule has 2 atom stereocenters. The fourth-order valence-corrected chi connectivity index (χ4v) is 3.48. The van der Waals surface area contributed by atoms with Crippen LogP contribution in [0.2, 0.25) is 0 Å². The molecule has 7 heteroatoms. The van der Waals surface area contributed by atoms with Gasteiger partial charge in [-0.15, -0.1) is 24.0 Å². The monoisotopic (exact) mass is 515 g/mol. The minimum absolute atomic E-state index is 0. The zero-order valence-corrected chi connectivity index (χ0v) is 20.9. The molecule has 2 rings (SSSR count). The van der Waals surface area contributed by atoms with E-state index in [4.69, 9.17) is 0 Å². The van der Waals surface area contributed by atoms with E-state index in [1.165, 1.54) is 30.5 Å². The van der Waals surface area contributed by atoms with Crippen molar-refractivity contribution in [3.63, 3.8) is 0 Å². The summed E-state index contributed by atoms with van der Waals surface area (Å²) in [6, 6.07) is 9.19. The second-order valence-electron chi connectivity index (χ2n) is 7.95. The first-order chi connectivity index (χ1) is 13.4. The van der Waals surface area contributed by atoms with Crippen LogP contribution < -0.4 is 10.6 Å². The zero-order chi connectivity index (χ0) is 20.5. The molecular weight excluding hydrogens is 477 g/mol. The molecule has 0 radical (unpaired) electrons. The summed E-state index contributed by atoms with van der Waals surface area (Å²) < 4.78 is 0. The number of rotatable bonds is 8. The maximum absolute atomic E-state index is 12.0. The molecule has 29 heavy (non-hydrogen) atoms. The Morgan fingerprint density at radius 1 is 1.28 bits per heavy atom. The van der Waals surface area contributed by atoms with Crippen molar-refractivity contribution in [2.24, 2.45) is 4.99 Å². The van der Waals surface area contributed by atoms with Crippen LogP contribution in [0, 0.1) is 6.92 Å². The maximum atomic E-state index is 12.0. The largest absolute Gasteiger partial charge is 0.356 e. The number of aliphatic imine (C=N–C) groups is 1. The topological polar surface area (TPSA) is 60.0 Å². The van der Waals surface area contributed by atoms with E-state index in [0.717, 1.165) is 25.6 Å². The van der Waals surface area contributed by atoms with Crippen LogP contribution >= 0.6 is 24.0 Å². The van der Waals surface area contributed by atoms with Crippen molar-refractivity contribution in [3.8, 4) is 0 Å². The summed E-state index contributed by atoms with van der Waals surface area (Å²) in [4.78, 5) is 20.6. The second kappa shape index (κ2) is 13.1. The SMILES string of the molecule is CCN1CCCC1CNC(=NCC(=O)N(C)C)NCC(C)c1ccc(C)cc1.I. The minimum atomic E-state index is 0. The fraction of sp³-hybridized carbons (Fsp3) is 0.636. The number of aryl methyl sites for hydroxylation is 1. The number of benzene rings is 1. The summed E-state index contributed by atoms with van der Waals surface area (Å²) >= 11 is 0. The molecule has 1 aromatic carbocycles. The molecule has 164 valence electrons. The lowest BCUT2D eigenvalue weighted by molar-refractivity contribution is -0.127. The Kier molecular flexibility index (Phi) is 11.6. The number of halogens is 1. The summed E-state index contributed by atoms with van der Waals surface area (Å²) in [5.74, 6) is 1.08. The Morgan fingerprint density at radius 2 is 1.97 bits per heavy atom. The van der Waals surface area contributed by atoms with Gasteiger partial charge in [0.15, 0.2) is 5.96 Å². The Morgan fingerprint density at radius 3 is 2.59 bits per heavy atom. The molecule has 1 saturated heterocycles. The van der Waals surface area contributed by atoms with E-state index in [1.54, 1.807) is 19.0 Å². The Hall–Kier alpha value is -1.35. The van der Waals surface area contributed by atoms with E-state index in [2.05, 4.69) is 65.6 Å². The van der Waals surface area contributed by atoms with Crippen molar-refractivity contribution in [2.45, 2.75) is 45.6 Å². The van der Waals surface area contributed by atoms with E-state index >= 15 is 0 Å². The van der Waals surface area contributed by atoms with Crippen LogP contribution in [0.3, 0.4) is 0 Å². The lowest BCUT2D eigenvalue weighted by Gasteiger charge is -2.24. The number of hydrogen-bond acceptors (Lipinski definition) is 3. The van der Waals surface area contributed by atoms with Gasteiger partial charge in [0.2, 0.25) is 5.91 Å². The Balaban J connectivity index is 0.00000420. The summed E-state index contributed by atoms with van der Waals surface area (Å²) in [7, 11) is 3.52. The Bertz CT molecular complexity index is 647. The van der Waals surface area contributed by atoms with E-state index in [0.29, 0.717) is 12.0 Å². The highest BCUT2D eigenvalue weighted by molar-refractivity contribution is 14.0. The third-order valence-corrected chi connectivity index (χ3v) is 5.50. The van der Waals surface area contributed by atoms with Crippen LogP contribution in [-0.4, -0.2) is 74.5 Å². The number of nitrogens with zero attached hydrogens (tertiary/aromatic N) is 3. The van der Waals surface area contributed by atoms with Gasteiger partial charge in [-0.25, -0.2) is 4.99 Å². The summed E-state index contributed by atoms with van der Waals surface area (Å²) in [6.07, 6.45) is 2.47. The average molecular weight is 515 g/mol. The highest BCUT2D eigenvalue weighted by atomic mass is 127. The molecule has 1 aliphatic heterocycles. The smallest absolute Gasteiger partial charge is 0.243 e. The third kappa shape index (κ3) is 8.50. The van der Waals surface area contributed by atoms with Gasteiger partial charge in [-0.05, 0) is 44.3 Å². The summed E-state index contributed by atoms with van der Waals surface area (Å²) in [5, 5.41) is 6.90. The van der Waals surface area contributed by atoms with E-state index < -0.39 is 0 Å². The molecule has 1 aliphatic rings. The number of amides is 1. The number of hydrogen-bond donors (Lipinski definition) is 2. The van der Waals surface area contributed by atoms with Crippen LogP contribution in [0.15, 0.2) is 29.3 Å². The summed E-state index contributed by atoms with van der Waals surface area (Å²) in [6.45, 7) is 10.6. The van der Waals surface area contributed by atoms with Crippen LogP contribution in [0.4, 0.5) is 0 Å². The molecule has 1 aromatic rings. The van der Waals surface area contributed by atoms with Crippen molar-refractivity contribution in [3.05, 3.63) is 35.4 Å². The van der Waals surface area contributed by atoms with Gasteiger partial charge in [0.25, 0.3) is 0 Å². The van der Waals surface area contributed by atoms with Crippen molar-refractivity contribution in [2.75, 3.05) is 46.8 Å². The molecule has 0 aromatic heterocycles. The van der Waals surface area contributed by atoms with Gasteiger partial charge >= 0.3 is 0 Å². The van der Waals surface area contributed by atoms with Crippen LogP contribution in [0.5, 0.6) is 0 Å². The predicted molar refractivity (Wildman–Crippen MR) is 132 cm³/mol. The molecule has 0 aliphatic carbocycles. The first kappa shape index (κ1) is 25.7. The molecule has 6 nitrogen and oxygen atoms in total. The number of guanidine groups is 1. The standard InChI is InChI=1S/C22H37N5O.HI/c1-6-27-13-7-8-20(27)15-24-22(25-16-21(28)26(4)5)23-14-18(3)19-11-9-17(2)10-12-19;/h9-12,18,20H,6-8,13-16H2,1-5H3,(H2,23,24,25);1H. The summed E-state index contributed by atoms with van der Waals surface area (Å²) in [5.41, 5.74) is 2.57. The van der Waals surface area contributed by atoms with Crippen molar-refractivity contribution in [1.82, 2.24) is 20.4 Å². The first-order valence-corrected chi connectivity index (χ1v) is 10.4. The van der Waals surface area contributed by atoms with Crippen LogP contribution in [0.25, 0.3) is 0 Å². The lowest BCUT2D eigenvalue weighted by Crippen LogP contribution is -2.46. The van der Waals surface area contributed by atoms with Gasteiger partial charge in [-0.3, -0.25) is 9.69 Å². The van der Waals surface area contributed by atoms with Crippen molar-refractivity contribution in [1.29, 1.82) is 0 Å². The van der Waals surface area contributed by atoms with Gasteiger partial charge in [0.1, 0.15) is 6.54 Å². The molecule has 1 heterocycles. The third-order valence-electron chi connectivity index (χ3n) is 5.50. The van der Waals surface area contributed by atoms with Crippen molar-refractivity contribution < 1.29 is 4.79 Å². The van der Waals surface area contributed by atoms with Gasteiger partial charge < -0.3 is 15.5 Å². The number of carbonyl (C=O) groups excluding carboxylic acids is 1. The first-order valence-electron chi connectivity index (χ1n) is 10.4. The van der Waals surface area contributed by atoms with Gasteiger partial charge in [0, 0.05) is 33.2 Å². The lowest BCUT2D eigenvalue weighted by atomic mass is 10.0. The molecule has 2 unspecified atom stereocenters. The van der Waals surface area contributed by atoms with Gasteiger partial charge in [-0.2, -0.15) is 0 Å². The van der Waals surface area contributed by atoms with Gasteiger partial charge in [-0.1, -0.05) is 43.7 Å². The quantitative estimate of drug-likeness (QED) is 0.318. The molecule has 0 saturated carbocycles. The fourth-order valence-electron chi connectivity index (χ4n) is 3.48. The maximum Gasteiger partial charge on any atom is 0.243 e. The molecule has 1 fully saturated rings. The highest BCUT2D eigenvalue weighted by Gasteiger charge is 2.23. The zero-order valence-electron chi connectivity index (χ0n) is 18.6. The van der Waals surface area contributed by atoms with E-state index in [1.807, 2.05) is 0 Å². The molecular formula is C22H38IN5O. The second-order valence-corrected chi connectivity index (χ2v) is 7.95. The van der Waals surface area contributed by atoms with Crippen molar-refractivity contribution >= 4 is 35.8 Å². The van der Waals surface area contributed by atoms with Gasteiger partial charge in [0.05, 0.1) is 0 Å². The van der Waals surface area contributed by atoms with Crippen LogP contribution in [0.1, 0.15) is 43.7 Å². The van der Waals surface area contributed by atoms with E-state index in [-0.39, 0.29) is 36.4 Å². The minimum Gasteiger partial charge on any atom is -0.356 e. The Labute approximate surface area is 193 Å². The molecule has 0 bridgehead atoms. The molecule has 2 N–H and O–H groups in total. The van der Waals surface area contributed by atoms with E-state index in [9.17, 15) is 4.79 Å². The molecule has 1 amide bonds. The normalized spacial score (nSPS) is 18.1. The number of nitrogens with one attached hydrogen (secondary N) is 2. The predicted octanol–water partition coefficient (Wildman–Crippen LogP) is 2.82. The van der Waals surface area contributed by atoms with Crippen LogP contribution in [-0.2, 0) is 4.79 Å². The number of likely N-dealkylation sites (N-methyl/N-ethyl adjacent to an activating group) is 2. The number of carbonyl (C=O) groups is 1.